The second kappa shape index (κ2) is 9.28. The third-order valence-corrected chi connectivity index (χ3v) is 4.68. The number of halogens is 1. The second-order valence-corrected chi connectivity index (χ2v) is 8.22. The van der Waals surface area contributed by atoms with Gasteiger partial charge < -0.3 is 20.0 Å². The predicted octanol–water partition coefficient (Wildman–Crippen LogP) is 3.95. The van der Waals surface area contributed by atoms with Crippen LogP contribution >= 0.6 is 11.6 Å². The highest BCUT2D eigenvalue weighted by Crippen LogP contribution is 2.51. The number of amides is 1. The van der Waals surface area contributed by atoms with Gasteiger partial charge in [-0.1, -0.05) is 35.5 Å². The van der Waals surface area contributed by atoms with Gasteiger partial charge >= 0.3 is 12.1 Å². The van der Waals surface area contributed by atoms with Gasteiger partial charge in [-0.3, -0.25) is 0 Å². The van der Waals surface area contributed by atoms with Crippen molar-refractivity contribution in [2.45, 2.75) is 58.3 Å². The van der Waals surface area contributed by atoms with Crippen LogP contribution in [0.1, 0.15) is 45.6 Å². The molecule has 7 nitrogen and oxygen atoms in total. The van der Waals surface area contributed by atoms with E-state index in [2.05, 4.69) is 10.5 Å². The fraction of sp³-hybridized carbons (Fsp3) is 0.550. The molecule has 1 aromatic carbocycles. The smallest absolute Gasteiger partial charge is 0.408 e. The number of carboxylic acids is 1. The van der Waals surface area contributed by atoms with E-state index >= 15 is 0 Å². The number of carbonyl (C=O) groups is 2. The highest BCUT2D eigenvalue weighted by Gasteiger charge is 2.50. The van der Waals surface area contributed by atoms with Crippen molar-refractivity contribution in [1.29, 1.82) is 0 Å². The molecular formula is C20H27ClN2O5. The molecule has 1 atom stereocenters. The van der Waals surface area contributed by atoms with Crippen molar-refractivity contribution >= 4 is 29.4 Å². The average Bonchev–Trinajstić information content (AvgIpc) is 3.38. The van der Waals surface area contributed by atoms with Crippen molar-refractivity contribution < 1.29 is 24.3 Å². The van der Waals surface area contributed by atoms with E-state index in [1.807, 2.05) is 30.3 Å². The molecule has 8 heteroatoms. The van der Waals surface area contributed by atoms with Crippen molar-refractivity contribution in [3.63, 3.8) is 0 Å². The number of hydrogen-bond acceptors (Lipinski definition) is 5. The zero-order valence-electron chi connectivity index (χ0n) is 16.4. The third kappa shape index (κ3) is 6.71. The number of aliphatic carboxylic acids is 1. The Bertz CT molecular complexity index is 711. The molecule has 0 saturated heterocycles. The van der Waals surface area contributed by atoms with Crippen LogP contribution in [-0.4, -0.2) is 40.4 Å². The lowest BCUT2D eigenvalue weighted by Crippen LogP contribution is -2.45. The van der Waals surface area contributed by atoms with E-state index in [1.165, 1.54) is 0 Å². The molecule has 2 rings (SSSR count). The molecule has 0 bridgehead atoms. The number of carboxylic acid groups (broad SMARTS) is 1. The van der Waals surface area contributed by atoms with E-state index in [1.54, 1.807) is 20.8 Å². The summed E-state index contributed by atoms with van der Waals surface area (Å²) in [6, 6.07) is 8.49. The molecule has 0 radical (unpaired) electrons. The number of hydrogen-bond donors (Lipinski definition) is 2. The maximum atomic E-state index is 12.0. The van der Waals surface area contributed by atoms with Crippen LogP contribution in [-0.2, 0) is 21.0 Å². The first-order valence-corrected chi connectivity index (χ1v) is 9.70. The van der Waals surface area contributed by atoms with Crippen molar-refractivity contribution in [3.05, 3.63) is 35.9 Å². The molecule has 0 aromatic heterocycles. The Morgan fingerprint density at radius 3 is 2.43 bits per heavy atom. The quantitative estimate of drug-likeness (QED) is 0.365. The molecule has 0 spiro atoms. The number of carbonyl (C=O) groups excluding carboxylic acids is 1. The molecule has 1 aliphatic carbocycles. The van der Waals surface area contributed by atoms with Gasteiger partial charge in [0.15, 0.2) is 0 Å². The van der Waals surface area contributed by atoms with Crippen LogP contribution in [0.2, 0.25) is 0 Å². The number of rotatable bonds is 9. The number of nitrogens with one attached hydrogen (secondary N) is 1. The van der Waals surface area contributed by atoms with Gasteiger partial charge in [0, 0.05) is 5.41 Å². The Kier molecular flexibility index (Phi) is 7.29. The zero-order chi connectivity index (χ0) is 20.8. The topological polar surface area (TPSA) is 97.2 Å². The number of ether oxygens (including phenoxy) is 1. The molecule has 1 unspecified atom stereocenters. The van der Waals surface area contributed by atoms with Crippen molar-refractivity contribution in [1.82, 2.24) is 5.32 Å². The fourth-order valence-corrected chi connectivity index (χ4v) is 3.16. The van der Waals surface area contributed by atoms with Gasteiger partial charge in [0.1, 0.15) is 18.2 Å². The van der Waals surface area contributed by atoms with E-state index in [0.717, 1.165) is 18.4 Å². The number of benzene rings is 1. The van der Waals surface area contributed by atoms with Crippen LogP contribution in [0.3, 0.4) is 0 Å². The number of alkyl halides is 1. The van der Waals surface area contributed by atoms with Crippen molar-refractivity contribution in [2.24, 2.45) is 10.6 Å². The van der Waals surface area contributed by atoms with E-state index in [-0.39, 0.29) is 12.3 Å². The fourth-order valence-electron chi connectivity index (χ4n) is 2.82. The SMILES string of the molecule is CC(C)(C)OC(=O)NC(CC1(C(CCl)=NOCc2ccccc2)CC1)C(=O)O. The van der Waals surface area contributed by atoms with Gasteiger partial charge in [-0.05, 0) is 45.6 Å². The molecule has 1 aliphatic rings. The first kappa shape index (κ1) is 22.0. The summed E-state index contributed by atoms with van der Waals surface area (Å²) in [4.78, 5) is 29.0. The maximum absolute atomic E-state index is 12.0. The Balaban J connectivity index is 2.00. The van der Waals surface area contributed by atoms with Crippen LogP contribution in [0.5, 0.6) is 0 Å². The lowest BCUT2D eigenvalue weighted by molar-refractivity contribution is -0.139. The summed E-state index contributed by atoms with van der Waals surface area (Å²) in [7, 11) is 0. The van der Waals surface area contributed by atoms with Crippen molar-refractivity contribution in [3.8, 4) is 0 Å². The summed E-state index contributed by atoms with van der Waals surface area (Å²) in [5.41, 5.74) is 0.386. The number of nitrogens with zero attached hydrogens (tertiary/aromatic N) is 1. The van der Waals surface area contributed by atoms with Crippen LogP contribution in [0, 0.1) is 5.41 Å². The van der Waals surface area contributed by atoms with Crippen molar-refractivity contribution in [2.75, 3.05) is 5.88 Å². The largest absolute Gasteiger partial charge is 0.480 e. The van der Waals surface area contributed by atoms with Gasteiger partial charge in [0.05, 0.1) is 11.6 Å². The second-order valence-electron chi connectivity index (χ2n) is 7.95. The minimum atomic E-state index is -1.13. The summed E-state index contributed by atoms with van der Waals surface area (Å²) in [6.45, 7) is 5.45. The standard InChI is InChI=1S/C20H27ClN2O5/c1-19(2,3)28-18(26)22-15(17(24)25)11-20(9-10-20)16(12-21)23-27-13-14-7-5-4-6-8-14/h4-8,15H,9-13H2,1-3H3,(H,22,26)(H,24,25). The van der Waals surface area contributed by atoms with Crippen LogP contribution in [0.4, 0.5) is 4.79 Å². The predicted molar refractivity (Wildman–Crippen MR) is 106 cm³/mol. The zero-order valence-corrected chi connectivity index (χ0v) is 17.2. The maximum Gasteiger partial charge on any atom is 0.408 e. The number of alkyl carbamates (subject to hydrolysis) is 1. The average molecular weight is 411 g/mol. The molecule has 1 aromatic rings. The lowest BCUT2D eigenvalue weighted by atomic mass is 9.92. The molecule has 28 heavy (non-hydrogen) atoms. The Hall–Kier alpha value is -2.28. The monoisotopic (exact) mass is 410 g/mol. The van der Waals surface area contributed by atoms with E-state index in [4.69, 9.17) is 21.2 Å². The van der Waals surface area contributed by atoms with Gasteiger partial charge in [0.2, 0.25) is 0 Å². The normalized spacial score (nSPS) is 16.8. The molecular weight excluding hydrogens is 384 g/mol. The summed E-state index contributed by atoms with van der Waals surface area (Å²) in [5, 5.41) is 16.1. The Morgan fingerprint density at radius 1 is 1.29 bits per heavy atom. The van der Waals surface area contributed by atoms with E-state index in [9.17, 15) is 14.7 Å². The van der Waals surface area contributed by atoms with E-state index < -0.39 is 29.1 Å². The Labute approximate surface area is 170 Å². The van der Waals surface area contributed by atoms with Gasteiger partial charge in [-0.2, -0.15) is 0 Å². The van der Waals surface area contributed by atoms with Gasteiger partial charge in [0.25, 0.3) is 0 Å². The number of oxime groups is 1. The Morgan fingerprint density at radius 2 is 1.93 bits per heavy atom. The summed E-state index contributed by atoms with van der Waals surface area (Å²) in [6.07, 6.45) is 0.905. The van der Waals surface area contributed by atoms with Gasteiger partial charge in [-0.15, -0.1) is 11.6 Å². The minimum Gasteiger partial charge on any atom is -0.480 e. The first-order chi connectivity index (χ1) is 13.1. The highest BCUT2D eigenvalue weighted by atomic mass is 35.5. The summed E-state index contributed by atoms with van der Waals surface area (Å²) < 4.78 is 5.16. The van der Waals surface area contributed by atoms with Crippen LogP contribution < -0.4 is 5.32 Å². The van der Waals surface area contributed by atoms with Crippen LogP contribution in [0.25, 0.3) is 0 Å². The summed E-state index contributed by atoms with van der Waals surface area (Å²) >= 11 is 6.06. The molecule has 1 fully saturated rings. The van der Waals surface area contributed by atoms with Gasteiger partial charge in [-0.25, -0.2) is 9.59 Å². The highest BCUT2D eigenvalue weighted by molar-refractivity contribution is 6.29. The molecule has 154 valence electrons. The van der Waals surface area contributed by atoms with Crippen LogP contribution in [0.15, 0.2) is 35.5 Å². The molecule has 0 heterocycles. The molecule has 1 saturated carbocycles. The van der Waals surface area contributed by atoms with E-state index in [0.29, 0.717) is 12.3 Å². The summed E-state index contributed by atoms with van der Waals surface area (Å²) in [5.74, 6) is -0.996. The molecule has 0 aliphatic heterocycles. The lowest BCUT2D eigenvalue weighted by Gasteiger charge is -2.24. The molecule has 2 N–H and O–H groups in total. The third-order valence-electron chi connectivity index (χ3n) is 4.43. The molecule has 1 amide bonds. The first-order valence-electron chi connectivity index (χ1n) is 9.17. The minimum absolute atomic E-state index is 0.133.